The molecule has 2 aliphatic rings. The third-order valence-corrected chi connectivity index (χ3v) is 6.44. The number of ether oxygens (including phenoxy) is 3. The molecular formula is C22H30N4O4S. The normalized spacial score (nSPS) is 19.8. The number of hydrogen-bond donors (Lipinski definition) is 2. The number of para-hydroxylation sites is 1. The molecule has 9 heteroatoms. The van der Waals surface area contributed by atoms with Crippen LogP contribution in [0.1, 0.15) is 24.0 Å². The minimum atomic E-state index is -0.145. The molecular weight excluding hydrogens is 416 g/mol. The molecule has 31 heavy (non-hydrogen) atoms. The second kappa shape index (κ2) is 10.4. The molecule has 1 aromatic heterocycles. The summed E-state index contributed by atoms with van der Waals surface area (Å²) in [7, 11) is 4.16. The van der Waals surface area contributed by atoms with Gasteiger partial charge in [-0.3, -0.25) is 9.78 Å². The summed E-state index contributed by atoms with van der Waals surface area (Å²) in [6, 6.07) is 5.70. The maximum Gasteiger partial charge on any atom is 0.255 e. The molecule has 0 bridgehead atoms. The van der Waals surface area contributed by atoms with Crippen molar-refractivity contribution in [2.75, 3.05) is 50.8 Å². The summed E-state index contributed by atoms with van der Waals surface area (Å²) < 4.78 is 17.0. The standard InChI is InChI=1S/C22H30N4O4S/c1-26(2)12-17-6-7-18(30-17)13-31-9-8-23-22-24-11-16(21(27)25-22)10-15-4-3-5-19-20(15)29-14-28-19/h3-5,11,17-18H,6-10,12-14H2,1-2H3,(H2,23,24,25,27). The fourth-order valence-electron chi connectivity index (χ4n) is 3.87. The van der Waals surface area contributed by atoms with Gasteiger partial charge in [0, 0.05) is 48.3 Å². The zero-order valence-corrected chi connectivity index (χ0v) is 18.9. The van der Waals surface area contributed by atoms with Gasteiger partial charge in [0.1, 0.15) is 0 Å². The van der Waals surface area contributed by atoms with Crippen LogP contribution in [0.5, 0.6) is 11.5 Å². The van der Waals surface area contributed by atoms with Gasteiger partial charge in [-0.25, -0.2) is 4.98 Å². The van der Waals surface area contributed by atoms with Gasteiger partial charge in [0.05, 0.1) is 12.2 Å². The molecule has 2 unspecified atom stereocenters. The van der Waals surface area contributed by atoms with Crippen LogP contribution in [0.2, 0.25) is 0 Å². The Morgan fingerprint density at radius 3 is 2.94 bits per heavy atom. The number of H-pyrrole nitrogens is 1. The Morgan fingerprint density at radius 2 is 2.10 bits per heavy atom. The van der Waals surface area contributed by atoms with Crippen molar-refractivity contribution in [3.05, 3.63) is 45.9 Å². The number of hydrogen-bond acceptors (Lipinski definition) is 8. The maximum atomic E-state index is 12.5. The Hall–Kier alpha value is -2.23. The molecule has 1 saturated heterocycles. The number of aromatic nitrogens is 2. The molecule has 168 valence electrons. The number of fused-ring (bicyclic) bond motifs is 1. The molecule has 8 nitrogen and oxygen atoms in total. The van der Waals surface area contributed by atoms with Crippen LogP contribution in [0.25, 0.3) is 0 Å². The van der Waals surface area contributed by atoms with Crippen LogP contribution in [-0.2, 0) is 11.2 Å². The van der Waals surface area contributed by atoms with Crippen molar-refractivity contribution < 1.29 is 14.2 Å². The zero-order chi connectivity index (χ0) is 21.6. The first kappa shape index (κ1) is 22.0. The van der Waals surface area contributed by atoms with Crippen molar-refractivity contribution in [3.63, 3.8) is 0 Å². The van der Waals surface area contributed by atoms with E-state index >= 15 is 0 Å². The molecule has 2 N–H and O–H groups in total. The van der Waals surface area contributed by atoms with Crippen molar-refractivity contribution in [3.8, 4) is 11.5 Å². The van der Waals surface area contributed by atoms with Gasteiger partial charge in [0.25, 0.3) is 5.56 Å². The van der Waals surface area contributed by atoms with E-state index in [1.807, 2.05) is 30.0 Å². The lowest BCUT2D eigenvalue weighted by Crippen LogP contribution is -2.26. The Balaban J connectivity index is 1.20. The van der Waals surface area contributed by atoms with Gasteiger partial charge in [-0.15, -0.1) is 0 Å². The molecule has 0 radical (unpaired) electrons. The van der Waals surface area contributed by atoms with Gasteiger partial charge in [-0.2, -0.15) is 11.8 Å². The quantitative estimate of drug-likeness (QED) is 0.538. The highest BCUT2D eigenvalue weighted by Gasteiger charge is 2.25. The average Bonchev–Trinajstić information content (AvgIpc) is 3.39. The molecule has 1 fully saturated rings. The minimum Gasteiger partial charge on any atom is -0.454 e. The van der Waals surface area contributed by atoms with E-state index in [2.05, 4.69) is 34.3 Å². The molecule has 2 aromatic rings. The van der Waals surface area contributed by atoms with Crippen LogP contribution in [0.15, 0.2) is 29.2 Å². The minimum absolute atomic E-state index is 0.145. The Bertz CT molecular complexity index is 936. The van der Waals surface area contributed by atoms with E-state index in [1.165, 1.54) is 0 Å². The van der Waals surface area contributed by atoms with E-state index in [9.17, 15) is 4.79 Å². The number of likely N-dealkylation sites (N-methyl/N-ethyl adjacent to an activating group) is 1. The summed E-state index contributed by atoms with van der Waals surface area (Å²) in [5.41, 5.74) is 1.36. The maximum absolute atomic E-state index is 12.5. The first-order valence-corrected chi connectivity index (χ1v) is 11.8. The van der Waals surface area contributed by atoms with Gasteiger partial charge in [0.15, 0.2) is 11.5 Å². The molecule has 3 heterocycles. The fourth-order valence-corrected chi connectivity index (χ4v) is 4.79. The lowest BCUT2D eigenvalue weighted by Gasteiger charge is -2.17. The van der Waals surface area contributed by atoms with Crippen molar-refractivity contribution in [2.24, 2.45) is 0 Å². The van der Waals surface area contributed by atoms with Crippen LogP contribution < -0.4 is 20.3 Å². The number of thioether (sulfide) groups is 1. The van der Waals surface area contributed by atoms with Crippen molar-refractivity contribution in [2.45, 2.75) is 31.5 Å². The highest BCUT2D eigenvalue weighted by atomic mass is 32.2. The second-order valence-corrected chi connectivity index (χ2v) is 9.29. The molecule has 0 amide bonds. The summed E-state index contributed by atoms with van der Waals surface area (Å²) >= 11 is 1.86. The topological polar surface area (TPSA) is 88.7 Å². The van der Waals surface area contributed by atoms with E-state index in [1.54, 1.807) is 6.20 Å². The smallest absolute Gasteiger partial charge is 0.255 e. The van der Waals surface area contributed by atoms with Crippen LogP contribution in [-0.4, -0.2) is 72.6 Å². The molecule has 2 aliphatic heterocycles. The van der Waals surface area contributed by atoms with Crippen molar-refractivity contribution >= 4 is 17.7 Å². The Morgan fingerprint density at radius 1 is 1.23 bits per heavy atom. The number of anilines is 1. The van der Waals surface area contributed by atoms with E-state index in [4.69, 9.17) is 14.2 Å². The third-order valence-electron chi connectivity index (χ3n) is 5.34. The van der Waals surface area contributed by atoms with E-state index in [-0.39, 0.29) is 12.4 Å². The first-order valence-electron chi connectivity index (χ1n) is 10.7. The van der Waals surface area contributed by atoms with Crippen LogP contribution >= 0.6 is 11.8 Å². The van der Waals surface area contributed by atoms with Gasteiger partial charge in [-0.1, -0.05) is 12.1 Å². The van der Waals surface area contributed by atoms with Crippen LogP contribution in [0.3, 0.4) is 0 Å². The largest absolute Gasteiger partial charge is 0.454 e. The molecule has 0 spiro atoms. The summed E-state index contributed by atoms with van der Waals surface area (Å²) in [5, 5.41) is 3.20. The number of nitrogens with zero attached hydrogens (tertiary/aromatic N) is 2. The lowest BCUT2D eigenvalue weighted by atomic mass is 10.1. The van der Waals surface area contributed by atoms with Gasteiger partial charge in [-0.05, 0) is 33.0 Å². The number of rotatable bonds is 10. The molecule has 4 rings (SSSR count). The lowest BCUT2D eigenvalue weighted by molar-refractivity contribution is 0.0430. The summed E-state index contributed by atoms with van der Waals surface area (Å²) in [6.45, 7) is 1.94. The van der Waals surface area contributed by atoms with Gasteiger partial charge in [0.2, 0.25) is 12.7 Å². The summed E-state index contributed by atoms with van der Waals surface area (Å²) in [5.74, 6) is 3.85. The Kier molecular flexibility index (Phi) is 7.37. The van der Waals surface area contributed by atoms with Crippen molar-refractivity contribution in [1.82, 2.24) is 14.9 Å². The number of aromatic amines is 1. The van der Waals surface area contributed by atoms with Crippen LogP contribution in [0.4, 0.5) is 5.95 Å². The fraction of sp³-hybridized carbons (Fsp3) is 0.545. The number of benzene rings is 1. The Labute approximate surface area is 186 Å². The summed E-state index contributed by atoms with van der Waals surface area (Å²) in [6.07, 6.45) is 5.06. The van der Waals surface area contributed by atoms with Crippen molar-refractivity contribution in [1.29, 1.82) is 0 Å². The van der Waals surface area contributed by atoms with Gasteiger partial charge >= 0.3 is 0 Å². The van der Waals surface area contributed by atoms with E-state index in [0.717, 1.165) is 43.0 Å². The SMILES string of the molecule is CN(C)CC1CCC(CSCCNc2ncc(Cc3cccc4c3OCO4)c(=O)[nH]2)O1. The second-order valence-electron chi connectivity index (χ2n) is 8.14. The average molecular weight is 447 g/mol. The van der Waals surface area contributed by atoms with E-state index < -0.39 is 0 Å². The predicted molar refractivity (Wildman–Crippen MR) is 122 cm³/mol. The monoisotopic (exact) mass is 446 g/mol. The zero-order valence-electron chi connectivity index (χ0n) is 18.1. The van der Waals surface area contributed by atoms with E-state index in [0.29, 0.717) is 41.6 Å². The van der Waals surface area contributed by atoms with Crippen LogP contribution in [0, 0.1) is 0 Å². The summed E-state index contributed by atoms with van der Waals surface area (Å²) in [4.78, 5) is 21.9. The molecule has 1 aromatic carbocycles. The third kappa shape index (κ3) is 5.93. The molecule has 0 saturated carbocycles. The molecule has 0 aliphatic carbocycles. The van der Waals surface area contributed by atoms with Gasteiger partial charge < -0.3 is 24.4 Å². The molecule has 2 atom stereocenters. The predicted octanol–water partition coefficient (Wildman–Crippen LogP) is 2.34. The first-order chi connectivity index (χ1) is 15.1. The highest BCUT2D eigenvalue weighted by molar-refractivity contribution is 7.99. The highest BCUT2D eigenvalue weighted by Crippen LogP contribution is 2.36. The number of nitrogens with one attached hydrogen (secondary N) is 2.